The van der Waals surface area contributed by atoms with E-state index in [0.29, 0.717) is 17.3 Å². The van der Waals surface area contributed by atoms with Crippen LogP contribution in [-0.4, -0.2) is 67.9 Å². The van der Waals surface area contributed by atoms with Crippen LogP contribution in [-0.2, 0) is 9.53 Å². The number of ether oxygens (including phenoxy) is 1. The largest absolute Gasteiger partial charge is 0.479 e. The zero-order valence-electron chi connectivity index (χ0n) is 11.8. The van der Waals surface area contributed by atoms with Crippen molar-refractivity contribution >= 4 is 23.5 Å². The van der Waals surface area contributed by atoms with Crippen molar-refractivity contribution in [1.29, 1.82) is 0 Å². The lowest BCUT2D eigenvalue weighted by molar-refractivity contribution is -0.154. The lowest BCUT2D eigenvalue weighted by Crippen LogP contribution is -2.48. The van der Waals surface area contributed by atoms with E-state index >= 15 is 0 Å². The Morgan fingerprint density at radius 3 is 2.91 bits per heavy atom. The molecule has 0 aliphatic carbocycles. The van der Waals surface area contributed by atoms with Crippen LogP contribution in [0.25, 0.3) is 5.69 Å². The Morgan fingerprint density at radius 1 is 1.39 bits per heavy atom. The van der Waals surface area contributed by atoms with E-state index in [2.05, 4.69) is 15.5 Å². The van der Waals surface area contributed by atoms with Crippen LogP contribution in [0, 0.1) is 0 Å². The second-order valence-corrected chi connectivity index (χ2v) is 5.30. The van der Waals surface area contributed by atoms with Gasteiger partial charge in [0.05, 0.1) is 24.4 Å². The maximum Gasteiger partial charge on any atom is 0.334 e. The van der Waals surface area contributed by atoms with E-state index in [1.165, 1.54) is 22.0 Å². The number of carbonyl (C=O) groups is 2. The summed E-state index contributed by atoms with van der Waals surface area (Å²) in [6.07, 6.45) is 0.322. The van der Waals surface area contributed by atoms with Crippen LogP contribution in [0.15, 0.2) is 24.5 Å². The number of tetrazole rings is 1. The van der Waals surface area contributed by atoms with Gasteiger partial charge >= 0.3 is 5.97 Å². The lowest BCUT2D eigenvalue weighted by Gasteiger charge is -2.31. The predicted octanol–water partition coefficient (Wildman–Crippen LogP) is 0.241. The molecular weight excluding hydrogens is 326 g/mol. The SMILES string of the molecule is O=C(O)[C@H]1CN(C(=O)c2cc(Cl)ccc2-n2cnnn2)CCO1. The molecule has 120 valence electrons. The molecule has 1 N–H and O–H groups in total. The smallest absolute Gasteiger partial charge is 0.334 e. The first-order chi connectivity index (χ1) is 11.1. The molecule has 1 fully saturated rings. The maximum atomic E-state index is 12.8. The number of aromatic nitrogens is 4. The lowest BCUT2D eigenvalue weighted by atomic mass is 10.1. The Hall–Kier alpha value is -2.52. The Balaban J connectivity index is 1.93. The summed E-state index contributed by atoms with van der Waals surface area (Å²) in [5, 5.41) is 20.3. The minimum absolute atomic E-state index is 0.0320. The highest BCUT2D eigenvalue weighted by Gasteiger charge is 2.30. The van der Waals surface area contributed by atoms with Gasteiger partial charge in [-0.25, -0.2) is 4.79 Å². The summed E-state index contributed by atoms with van der Waals surface area (Å²) in [6.45, 7) is 0.420. The molecule has 9 nitrogen and oxygen atoms in total. The van der Waals surface area contributed by atoms with Crippen molar-refractivity contribution < 1.29 is 19.4 Å². The Morgan fingerprint density at radius 2 is 2.22 bits per heavy atom. The van der Waals surface area contributed by atoms with E-state index in [0.717, 1.165) is 0 Å². The van der Waals surface area contributed by atoms with Crippen LogP contribution in [0.5, 0.6) is 0 Å². The van der Waals surface area contributed by atoms with Gasteiger partial charge in [0, 0.05) is 11.6 Å². The summed E-state index contributed by atoms with van der Waals surface area (Å²) < 4.78 is 6.47. The van der Waals surface area contributed by atoms with E-state index in [-0.39, 0.29) is 24.6 Å². The molecule has 3 rings (SSSR count). The van der Waals surface area contributed by atoms with Crippen molar-refractivity contribution in [2.75, 3.05) is 19.7 Å². The summed E-state index contributed by atoms with van der Waals surface area (Å²) in [6, 6.07) is 4.75. The van der Waals surface area contributed by atoms with E-state index in [4.69, 9.17) is 21.4 Å². The Kier molecular flexibility index (Phi) is 4.22. The molecule has 1 aliphatic heterocycles. The normalized spacial score (nSPS) is 18.0. The zero-order chi connectivity index (χ0) is 16.4. The van der Waals surface area contributed by atoms with Gasteiger partial charge in [0.25, 0.3) is 5.91 Å². The fourth-order valence-electron chi connectivity index (χ4n) is 2.30. The van der Waals surface area contributed by atoms with Crippen molar-refractivity contribution in [1.82, 2.24) is 25.1 Å². The molecule has 0 unspecified atom stereocenters. The molecule has 1 amide bonds. The van der Waals surface area contributed by atoms with Crippen molar-refractivity contribution in [2.24, 2.45) is 0 Å². The second kappa shape index (κ2) is 6.31. The van der Waals surface area contributed by atoms with Crippen LogP contribution < -0.4 is 0 Å². The molecule has 1 saturated heterocycles. The second-order valence-electron chi connectivity index (χ2n) is 4.86. The van der Waals surface area contributed by atoms with Gasteiger partial charge in [0.2, 0.25) is 0 Å². The number of rotatable bonds is 3. The average Bonchev–Trinajstić information content (AvgIpc) is 3.08. The van der Waals surface area contributed by atoms with Crippen molar-refractivity contribution in [3.63, 3.8) is 0 Å². The van der Waals surface area contributed by atoms with E-state index in [9.17, 15) is 9.59 Å². The number of nitrogens with zero attached hydrogens (tertiary/aromatic N) is 5. The number of morpholine rings is 1. The Labute approximate surface area is 135 Å². The van der Waals surface area contributed by atoms with E-state index in [1.807, 2.05) is 0 Å². The van der Waals surface area contributed by atoms with Crippen molar-refractivity contribution in [2.45, 2.75) is 6.10 Å². The third-order valence-electron chi connectivity index (χ3n) is 3.41. The number of aliphatic carboxylic acids is 1. The van der Waals surface area contributed by atoms with Gasteiger partial charge in [0.15, 0.2) is 6.10 Å². The highest BCUT2D eigenvalue weighted by molar-refractivity contribution is 6.31. The molecule has 2 heterocycles. The molecule has 0 bridgehead atoms. The third-order valence-corrected chi connectivity index (χ3v) is 3.65. The first kappa shape index (κ1) is 15.4. The average molecular weight is 338 g/mol. The van der Waals surface area contributed by atoms with Crippen LogP contribution >= 0.6 is 11.6 Å². The minimum Gasteiger partial charge on any atom is -0.479 e. The molecule has 23 heavy (non-hydrogen) atoms. The fourth-order valence-corrected chi connectivity index (χ4v) is 2.48. The number of carboxylic acid groups (broad SMARTS) is 1. The molecule has 1 aromatic carbocycles. The maximum absolute atomic E-state index is 12.8. The summed E-state index contributed by atoms with van der Waals surface area (Å²) in [5.41, 5.74) is 0.749. The highest BCUT2D eigenvalue weighted by Crippen LogP contribution is 2.21. The molecule has 0 radical (unpaired) electrons. The van der Waals surface area contributed by atoms with Gasteiger partial charge in [-0.2, -0.15) is 4.68 Å². The zero-order valence-corrected chi connectivity index (χ0v) is 12.5. The number of hydrogen-bond donors (Lipinski definition) is 1. The summed E-state index contributed by atoms with van der Waals surface area (Å²) in [5.74, 6) is -1.46. The molecule has 0 saturated carbocycles. The van der Waals surface area contributed by atoms with Crippen LogP contribution in [0.1, 0.15) is 10.4 Å². The first-order valence-electron chi connectivity index (χ1n) is 6.73. The Bertz CT molecular complexity index is 736. The van der Waals surface area contributed by atoms with Gasteiger partial charge in [0.1, 0.15) is 6.33 Å². The van der Waals surface area contributed by atoms with Gasteiger partial charge in [-0.1, -0.05) is 11.6 Å². The topological polar surface area (TPSA) is 110 Å². The van der Waals surface area contributed by atoms with Gasteiger partial charge < -0.3 is 14.7 Å². The number of benzene rings is 1. The molecule has 10 heteroatoms. The number of hydrogen-bond acceptors (Lipinski definition) is 6. The molecule has 0 spiro atoms. The number of carbonyl (C=O) groups excluding carboxylic acids is 1. The number of amides is 1. The van der Waals surface area contributed by atoms with Gasteiger partial charge in [-0.15, -0.1) is 5.10 Å². The van der Waals surface area contributed by atoms with Crippen LogP contribution in [0.2, 0.25) is 5.02 Å². The molecule has 2 aromatic rings. The molecule has 1 atom stereocenters. The summed E-state index contributed by atoms with van der Waals surface area (Å²) in [4.78, 5) is 25.2. The summed E-state index contributed by atoms with van der Waals surface area (Å²) >= 11 is 5.99. The van der Waals surface area contributed by atoms with Crippen LogP contribution in [0.3, 0.4) is 0 Å². The van der Waals surface area contributed by atoms with E-state index in [1.54, 1.807) is 12.1 Å². The quantitative estimate of drug-likeness (QED) is 0.854. The predicted molar refractivity (Wildman–Crippen MR) is 77.4 cm³/mol. The summed E-state index contributed by atoms with van der Waals surface area (Å²) in [7, 11) is 0. The molecule has 1 aliphatic rings. The third kappa shape index (κ3) is 3.15. The van der Waals surface area contributed by atoms with Gasteiger partial charge in [-0.05, 0) is 28.6 Å². The molecule has 1 aromatic heterocycles. The first-order valence-corrected chi connectivity index (χ1v) is 7.10. The van der Waals surface area contributed by atoms with Crippen molar-refractivity contribution in [3.8, 4) is 5.69 Å². The van der Waals surface area contributed by atoms with Crippen molar-refractivity contribution in [3.05, 3.63) is 35.1 Å². The number of halogens is 1. The monoisotopic (exact) mass is 337 g/mol. The highest BCUT2D eigenvalue weighted by atomic mass is 35.5. The fraction of sp³-hybridized carbons (Fsp3) is 0.308. The van der Waals surface area contributed by atoms with Crippen LogP contribution in [0.4, 0.5) is 0 Å². The number of carboxylic acids is 1. The van der Waals surface area contributed by atoms with Gasteiger partial charge in [-0.3, -0.25) is 4.79 Å². The standard InChI is InChI=1S/C13H12ClN5O4/c14-8-1-2-10(19-7-15-16-17-19)9(5-8)12(20)18-3-4-23-11(6-18)13(21)22/h1-2,5,7,11H,3-4,6H2,(H,21,22)/t11-/m1/s1. The molecular formula is C13H12ClN5O4. The minimum atomic E-state index is -1.10. The van der Waals surface area contributed by atoms with E-state index < -0.39 is 12.1 Å².